The third-order valence-corrected chi connectivity index (χ3v) is 6.41. The van der Waals surface area contributed by atoms with Crippen molar-refractivity contribution in [3.8, 4) is 0 Å². The number of nitrogens with zero attached hydrogens (tertiary/aromatic N) is 2. The van der Waals surface area contributed by atoms with Crippen LogP contribution in [0.3, 0.4) is 0 Å². The van der Waals surface area contributed by atoms with E-state index in [9.17, 15) is 19.6 Å². The molecule has 28 heavy (non-hydrogen) atoms. The van der Waals surface area contributed by atoms with Crippen LogP contribution in [0, 0.1) is 17.8 Å². The second-order valence-corrected chi connectivity index (χ2v) is 9.39. The van der Waals surface area contributed by atoms with E-state index in [-0.39, 0.29) is 30.1 Å². The second-order valence-electron chi connectivity index (χ2n) is 8.52. The van der Waals surface area contributed by atoms with Gasteiger partial charge in [-0.2, -0.15) is 0 Å². The Morgan fingerprint density at radius 2 is 2.11 bits per heavy atom. The van der Waals surface area contributed by atoms with E-state index < -0.39 is 19.0 Å². The van der Waals surface area contributed by atoms with Crippen molar-refractivity contribution in [1.82, 2.24) is 10.3 Å². The lowest BCUT2D eigenvalue weighted by Gasteiger charge is -2.40. The van der Waals surface area contributed by atoms with E-state index in [1.807, 2.05) is 24.1 Å². The van der Waals surface area contributed by atoms with Crippen molar-refractivity contribution >= 4 is 35.3 Å². The number of amides is 1. The standard InChI is InChI=1S/C19H30BN3O4S/c1-12(2)9-17(20(26)27)22-18(25)14(10-13-3-4-13)11-16(24)15-5-7-23(15)19-21-6-8-28-19/h6,8,12-15,17,26-27H,3-5,7,9-11H2,1-2H3,(H,22,25)/t14-,15+,17-/m1/s1. The van der Waals surface area contributed by atoms with Gasteiger partial charge in [-0.05, 0) is 31.1 Å². The van der Waals surface area contributed by atoms with Gasteiger partial charge in [0.05, 0.1) is 12.0 Å². The topological polar surface area (TPSA) is 103 Å². The Morgan fingerprint density at radius 1 is 1.36 bits per heavy atom. The van der Waals surface area contributed by atoms with Crippen molar-refractivity contribution in [2.75, 3.05) is 11.4 Å². The quantitative estimate of drug-likeness (QED) is 0.482. The van der Waals surface area contributed by atoms with Crippen LogP contribution in [-0.2, 0) is 9.59 Å². The van der Waals surface area contributed by atoms with Crippen LogP contribution in [0.2, 0.25) is 0 Å². The van der Waals surface area contributed by atoms with E-state index in [0.29, 0.717) is 18.8 Å². The van der Waals surface area contributed by atoms with Gasteiger partial charge in [-0.25, -0.2) is 4.98 Å². The van der Waals surface area contributed by atoms with Gasteiger partial charge in [-0.1, -0.05) is 26.7 Å². The molecule has 3 atom stereocenters. The molecule has 0 radical (unpaired) electrons. The number of anilines is 1. The first-order valence-corrected chi connectivity index (χ1v) is 11.1. The lowest BCUT2D eigenvalue weighted by atomic mass is 9.74. The van der Waals surface area contributed by atoms with Crippen LogP contribution < -0.4 is 10.2 Å². The first-order valence-electron chi connectivity index (χ1n) is 10.2. The summed E-state index contributed by atoms with van der Waals surface area (Å²) < 4.78 is 0. The molecule has 0 aromatic carbocycles. The summed E-state index contributed by atoms with van der Waals surface area (Å²) in [5.74, 6) is -0.557. The normalized spacial score (nSPS) is 21.2. The zero-order valence-electron chi connectivity index (χ0n) is 16.6. The molecule has 9 heteroatoms. The lowest BCUT2D eigenvalue weighted by Crippen LogP contribution is -2.54. The maximum atomic E-state index is 12.9. The Kier molecular flexibility index (Phi) is 7.12. The molecule has 154 valence electrons. The molecule has 3 N–H and O–H groups in total. The largest absolute Gasteiger partial charge is 0.475 e. The number of rotatable bonds is 11. The van der Waals surface area contributed by atoms with Crippen LogP contribution in [0.1, 0.15) is 52.4 Å². The van der Waals surface area contributed by atoms with Crippen molar-refractivity contribution < 1.29 is 19.6 Å². The smallest absolute Gasteiger partial charge is 0.426 e. The molecule has 1 saturated carbocycles. The van der Waals surface area contributed by atoms with Crippen molar-refractivity contribution in [1.29, 1.82) is 0 Å². The predicted octanol–water partition coefficient (Wildman–Crippen LogP) is 1.64. The molecule has 1 aromatic rings. The molecule has 2 fully saturated rings. The molecule has 1 aliphatic heterocycles. The van der Waals surface area contributed by atoms with Crippen LogP contribution >= 0.6 is 11.3 Å². The highest BCUT2D eigenvalue weighted by Crippen LogP contribution is 2.37. The molecule has 1 aromatic heterocycles. The third kappa shape index (κ3) is 5.55. The van der Waals surface area contributed by atoms with Crippen molar-refractivity contribution in [2.24, 2.45) is 17.8 Å². The highest BCUT2D eigenvalue weighted by molar-refractivity contribution is 7.13. The summed E-state index contributed by atoms with van der Waals surface area (Å²) in [6, 6.07) is -0.199. The van der Waals surface area contributed by atoms with E-state index in [4.69, 9.17) is 0 Å². The number of carbonyl (C=O) groups excluding carboxylic acids is 2. The van der Waals surface area contributed by atoms with Gasteiger partial charge in [-0.15, -0.1) is 11.3 Å². The summed E-state index contributed by atoms with van der Waals surface area (Å²) >= 11 is 1.52. The average molecular weight is 407 g/mol. The molecule has 3 rings (SSSR count). The van der Waals surface area contributed by atoms with E-state index in [1.54, 1.807) is 6.20 Å². The van der Waals surface area contributed by atoms with Crippen LogP contribution in [0.25, 0.3) is 0 Å². The van der Waals surface area contributed by atoms with Gasteiger partial charge in [0.1, 0.15) is 0 Å². The van der Waals surface area contributed by atoms with Crippen LogP contribution in [-0.4, -0.2) is 52.4 Å². The van der Waals surface area contributed by atoms with Gasteiger partial charge in [-0.3, -0.25) is 9.59 Å². The van der Waals surface area contributed by atoms with Gasteiger partial charge >= 0.3 is 7.12 Å². The molecule has 2 heterocycles. The fraction of sp³-hybridized carbons (Fsp3) is 0.737. The Balaban J connectivity index is 1.61. The van der Waals surface area contributed by atoms with E-state index in [2.05, 4.69) is 10.3 Å². The van der Waals surface area contributed by atoms with Gasteiger partial charge in [0.2, 0.25) is 5.91 Å². The predicted molar refractivity (Wildman–Crippen MR) is 110 cm³/mol. The van der Waals surface area contributed by atoms with E-state index in [1.165, 1.54) is 11.3 Å². The zero-order chi connectivity index (χ0) is 20.3. The first-order chi connectivity index (χ1) is 13.3. The minimum Gasteiger partial charge on any atom is -0.426 e. The number of nitrogens with one attached hydrogen (secondary N) is 1. The second kappa shape index (κ2) is 9.37. The fourth-order valence-corrected chi connectivity index (χ4v) is 4.51. The van der Waals surface area contributed by atoms with E-state index in [0.717, 1.165) is 30.9 Å². The van der Waals surface area contributed by atoms with Gasteiger partial charge in [0.25, 0.3) is 0 Å². The Hall–Kier alpha value is -1.45. The number of hydrogen-bond donors (Lipinski definition) is 3. The van der Waals surface area contributed by atoms with Crippen LogP contribution in [0.5, 0.6) is 0 Å². The number of ketones is 1. The maximum absolute atomic E-state index is 12.9. The summed E-state index contributed by atoms with van der Waals surface area (Å²) in [4.78, 5) is 32.1. The summed E-state index contributed by atoms with van der Waals surface area (Å²) in [5, 5.41) is 24.7. The summed E-state index contributed by atoms with van der Waals surface area (Å²) in [7, 11) is -1.60. The molecule has 1 aliphatic carbocycles. The fourth-order valence-electron chi connectivity index (χ4n) is 3.79. The number of aromatic nitrogens is 1. The van der Waals surface area contributed by atoms with Crippen molar-refractivity contribution in [2.45, 2.75) is 64.4 Å². The minimum absolute atomic E-state index is 0.0761. The molecular weight excluding hydrogens is 377 g/mol. The number of thiazole rings is 1. The highest BCUT2D eigenvalue weighted by atomic mass is 32.1. The van der Waals surface area contributed by atoms with Gasteiger partial charge < -0.3 is 20.3 Å². The SMILES string of the molecule is CC(C)C[C@@H](NC(=O)[C@@H](CC(=O)[C@@H]1CCN1c1nccs1)CC1CC1)B(O)O. The molecular formula is C19H30BN3O4S. The summed E-state index contributed by atoms with van der Waals surface area (Å²) in [6.45, 7) is 4.75. The summed E-state index contributed by atoms with van der Waals surface area (Å²) in [6.07, 6.45) is 6.10. The molecule has 0 unspecified atom stereocenters. The summed E-state index contributed by atoms with van der Waals surface area (Å²) in [5.41, 5.74) is 0. The molecule has 0 spiro atoms. The van der Waals surface area contributed by atoms with Gasteiger partial charge in [0, 0.05) is 30.5 Å². The van der Waals surface area contributed by atoms with Crippen LogP contribution in [0.4, 0.5) is 5.13 Å². The van der Waals surface area contributed by atoms with Crippen molar-refractivity contribution in [3.05, 3.63) is 11.6 Å². The lowest BCUT2D eigenvalue weighted by molar-refractivity contribution is -0.131. The minimum atomic E-state index is -1.60. The molecule has 1 amide bonds. The molecule has 7 nitrogen and oxygen atoms in total. The Bertz CT molecular complexity index is 666. The number of Topliss-reactive ketones (excluding diaryl/α,β-unsaturated/α-hetero) is 1. The van der Waals surface area contributed by atoms with Crippen LogP contribution in [0.15, 0.2) is 11.6 Å². The third-order valence-electron chi connectivity index (χ3n) is 5.60. The average Bonchev–Trinajstić information content (AvgIpc) is 3.24. The monoisotopic (exact) mass is 407 g/mol. The Morgan fingerprint density at radius 3 is 2.61 bits per heavy atom. The van der Waals surface area contributed by atoms with Gasteiger partial charge in [0.15, 0.2) is 10.9 Å². The molecule has 1 saturated heterocycles. The Labute approximate surface area is 170 Å². The van der Waals surface area contributed by atoms with Crippen molar-refractivity contribution in [3.63, 3.8) is 0 Å². The number of hydrogen-bond acceptors (Lipinski definition) is 7. The maximum Gasteiger partial charge on any atom is 0.475 e. The zero-order valence-corrected chi connectivity index (χ0v) is 17.4. The van der Waals surface area contributed by atoms with E-state index >= 15 is 0 Å². The number of carbonyl (C=O) groups is 2. The highest BCUT2D eigenvalue weighted by Gasteiger charge is 2.39. The molecule has 0 bridgehead atoms. The molecule has 2 aliphatic rings. The first kappa shape index (κ1) is 21.3.